The summed E-state index contributed by atoms with van der Waals surface area (Å²) in [6, 6.07) is 0. The van der Waals surface area contributed by atoms with Crippen molar-refractivity contribution in [2.45, 2.75) is 54.9 Å². The zero-order chi connectivity index (χ0) is 15.2. The van der Waals surface area contributed by atoms with Crippen LogP contribution in [0, 0.1) is 16.2 Å². The third-order valence-corrected chi connectivity index (χ3v) is 4.03. The largest absolute Gasteiger partial charge is 1.00 e. The van der Waals surface area contributed by atoms with E-state index in [4.69, 9.17) is 0 Å². The zero-order valence-electron chi connectivity index (χ0n) is 14.0. The number of carboxylic acids is 1. The first-order valence-corrected chi connectivity index (χ1v) is 6.67. The fourth-order valence-corrected chi connectivity index (χ4v) is 2.76. The van der Waals surface area contributed by atoms with Gasteiger partial charge in [-0.15, -0.1) is 0 Å². The minimum Gasteiger partial charge on any atom is -0.549 e. The number of hydrogen-bond donors (Lipinski definition) is 1. The second-order valence-corrected chi connectivity index (χ2v) is 7.62. The minimum absolute atomic E-state index is 0. The predicted molar refractivity (Wildman–Crippen MR) is 74.4 cm³/mol. The molecule has 0 fully saturated rings. The molecule has 0 aromatic carbocycles. The first-order valence-electron chi connectivity index (χ1n) is 6.67. The topological polar surface area (TPSA) is 60.4 Å². The Balaban J connectivity index is 0.00000361. The van der Waals surface area contributed by atoms with Gasteiger partial charge in [-0.3, -0.25) is 0 Å². The van der Waals surface area contributed by atoms with Crippen molar-refractivity contribution in [3.8, 4) is 0 Å². The first kappa shape index (κ1) is 20.4. The van der Waals surface area contributed by atoms with Crippen LogP contribution in [0.25, 0.3) is 0 Å². The average Bonchev–Trinajstić information content (AvgIpc) is 2.16. The van der Waals surface area contributed by atoms with Crippen LogP contribution in [0.15, 0.2) is 23.0 Å². The van der Waals surface area contributed by atoms with E-state index in [1.807, 2.05) is 54.5 Å². The molecule has 108 valence electrons. The molecule has 0 aromatic heterocycles. The van der Waals surface area contributed by atoms with E-state index >= 15 is 0 Å². The average molecular weight is 304 g/mol. The number of allylic oxidation sites excluding steroid dienone is 3. The van der Waals surface area contributed by atoms with Crippen LogP contribution in [0.5, 0.6) is 0 Å². The second kappa shape index (κ2) is 6.25. The maximum atomic E-state index is 11.8. The fraction of sp³-hybridized carbons (Fsp3) is 0.688. The number of aliphatic carboxylic acids is 1. The zero-order valence-corrected chi connectivity index (χ0v) is 17.2. The maximum absolute atomic E-state index is 11.8. The Hall–Kier alpha value is 0.386. The number of rotatable bonds is 1. The smallest absolute Gasteiger partial charge is 0.549 e. The molecule has 0 spiro atoms. The van der Waals surface area contributed by atoms with Crippen LogP contribution in [0.4, 0.5) is 0 Å². The molecule has 0 radical (unpaired) electrons. The summed E-state index contributed by atoms with van der Waals surface area (Å²) >= 11 is 0. The molecule has 4 heteroatoms. The van der Waals surface area contributed by atoms with E-state index in [9.17, 15) is 15.0 Å². The second-order valence-electron chi connectivity index (χ2n) is 7.62. The first-order chi connectivity index (χ1) is 8.34. The summed E-state index contributed by atoms with van der Waals surface area (Å²) in [6.45, 7) is 13.3. The van der Waals surface area contributed by atoms with E-state index in [0.717, 1.165) is 5.57 Å². The Morgan fingerprint density at radius 2 is 1.70 bits per heavy atom. The van der Waals surface area contributed by atoms with Gasteiger partial charge in [0, 0.05) is 0 Å². The molecule has 0 aromatic rings. The van der Waals surface area contributed by atoms with Gasteiger partial charge in [0.25, 0.3) is 0 Å². The molecular formula is C16H25KO3. The van der Waals surface area contributed by atoms with Crippen molar-refractivity contribution in [2.24, 2.45) is 16.2 Å². The van der Waals surface area contributed by atoms with E-state index in [-0.39, 0.29) is 62.6 Å². The molecule has 20 heavy (non-hydrogen) atoms. The molecule has 0 amide bonds. The molecule has 1 unspecified atom stereocenters. The van der Waals surface area contributed by atoms with Gasteiger partial charge in [-0.1, -0.05) is 53.2 Å². The fourth-order valence-electron chi connectivity index (χ4n) is 2.76. The molecule has 3 nitrogen and oxygen atoms in total. The number of aliphatic hydroxyl groups excluding tert-OH is 1. The summed E-state index contributed by atoms with van der Waals surface area (Å²) < 4.78 is 0. The Bertz CT molecular complexity index is 461. The van der Waals surface area contributed by atoms with Gasteiger partial charge in [0.1, 0.15) is 5.76 Å². The third kappa shape index (κ3) is 3.41. The quantitative estimate of drug-likeness (QED) is 0.693. The Morgan fingerprint density at radius 1 is 1.25 bits per heavy atom. The van der Waals surface area contributed by atoms with Gasteiger partial charge in [0.2, 0.25) is 0 Å². The normalized spacial score (nSPS) is 24.1. The van der Waals surface area contributed by atoms with Crippen LogP contribution in [-0.2, 0) is 4.79 Å². The van der Waals surface area contributed by atoms with Gasteiger partial charge in [-0.25, -0.2) is 0 Å². The number of aliphatic hydroxyl groups is 1. The van der Waals surface area contributed by atoms with Gasteiger partial charge in [-0.05, 0) is 29.7 Å². The Morgan fingerprint density at radius 3 is 2.00 bits per heavy atom. The number of carbonyl (C=O) groups is 1. The minimum atomic E-state index is -1.35. The van der Waals surface area contributed by atoms with Crippen molar-refractivity contribution in [2.75, 3.05) is 0 Å². The van der Waals surface area contributed by atoms with Gasteiger partial charge in [0.05, 0.1) is 11.4 Å². The van der Waals surface area contributed by atoms with Crippen molar-refractivity contribution < 1.29 is 66.4 Å². The Labute approximate surface area is 165 Å². The molecule has 1 atom stereocenters. The predicted octanol–water partition coefficient (Wildman–Crippen LogP) is -0.0190. The van der Waals surface area contributed by atoms with Gasteiger partial charge in [0.15, 0.2) is 0 Å². The Kier molecular flexibility index (Phi) is 6.37. The summed E-state index contributed by atoms with van der Waals surface area (Å²) in [7, 11) is 0. The van der Waals surface area contributed by atoms with Crippen molar-refractivity contribution in [1.29, 1.82) is 0 Å². The van der Waals surface area contributed by atoms with Crippen LogP contribution in [0.3, 0.4) is 0 Å². The van der Waals surface area contributed by atoms with Gasteiger partial charge >= 0.3 is 51.4 Å². The molecule has 1 N–H and O–H groups in total. The molecule has 0 bridgehead atoms. The van der Waals surface area contributed by atoms with Crippen molar-refractivity contribution in [3.05, 3.63) is 23.0 Å². The maximum Gasteiger partial charge on any atom is 1.00 e. The van der Waals surface area contributed by atoms with E-state index < -0.39 is 16.8 Å². The van der Waals surface area contributed by atoms with Crippen LogP contribution in [0.2, 0.25) is 0 Å². The summed E-state index contributed by atoms with van der Waals surface area (Å²) in [4.78, 5) is 11.8. The van der Waals surface area contributed by atoms with E-state index in [1.54, 1.807) is 0 Å². The summed E-state index contributed by atoms with van der Waals surface area (Å²) in [5.74, 6) is -1.25. The van der Waals surface area contributed by atoms with Gasteiger partial charge in [-0.2, -0.15) is 0 Å². The third-order valence-electron chi connectivity index (χ3n) is 4.03. The summed E-state index contributed by atoms with van der Waals surface area (Å²) in [5, 5.41) is 22.5. The van der Waals surface area contributed by atoms with Crippen LogP contribution in [0.1, 0.15) is 54.9 Å². The summed E-state index contributed by atoms with van der Waals surface area (Å²) in [6.07, 6.45) is 2.20. The van der Waals surface area contributed by atoms with Crippen LogP contribution in [-0.4, -0.2) is 11.1 Å². The van der Waals surface area contributed by atoms with Crippen molar-refractivity contribution >= 4 is 5.97 Å². The number of carboxylic acid groups (broad SMARTS) is 1. The summed E-state index contributed by atoms with van der Waals surface area (Å²) in [5.41, 5.74) is -0.633. The van der Waals surface area contributed by atoms with E-state index in [2.05, 4.69) is 0 Å². The van der Waals surface area contributed by atoms with E-state index in [0.29, 0.717) is 12.0 Å². The number of carbonyl (C=O) groups excluding carboxylic acids is 1. The van der Waals surface area contributed by atoms with E-state index in [1.165, 1.54) is 0 Å². The van der Waals surface area contributed by atoms with Crippen LogP contribution < -0.4 is 56.5 Å². The molecule has 0 aliphatic heterocycles. The van der Waals surface area contributed by atoms with Crippen molar-refractivity contribution in [1.82, 2.24) is 0 Å². The molecular weight excluding hydrogens is 279 g/mol. The van der Waals surface area contributed by atoms with Gasteiger partial charge < -0.3 is 15.0 Å². The molecule has 1 aliphatic rings. The SMILES string of the molecule is CC1=CC(C(C)(C)C)=C(O)C(C(=O)[O-])(C(C)(C)C)C1.[K+]. The van der Waals surface area contributed by atoms with Crippen molar-refractivity contribution in [3.63, 3.8) is 0 Å². The van der Waals surface area contributed by atoms with Crippen LogP contribution >= 0.6 is 0 Å². The monoisotopic (exact) mass is 304 g/mol. The standard InChI is InChI=1S/C16H26O3.K/c1-10-8-11(14(2,3)4)12(17)16(9-10,13(18)19)15(5,6)7;/h8,17H,9H2,1-7H3,(H,18,19);/q;+1/p-1. The molecule has 0 heterocycles. The molecule has 0 saturated carbocycles. The molecule has 1 rings (SSSR count). The molecule has 0 saturated heterocycles. The number of hydrogen-bond acceptors (Lipinski definition) is 3. The molecule has 1 aliphatic carbocycles.